The summed E-state index contributed by atoms with van der Waals surface area (Å²) in [6, 6.07) is 13.2. The third-order valence-electron chi connectivity index (χ3n) is 8.26. The molecule has 0 atom stereocenters. The Labute approximate surface area is 234 Å². The first-order valence-corrected chi connectivity index (χ1v) is 14.0. The maximum atomic E-state index is 5.05. The van der Waals surface area contributed by atoms with Gasteiger partial charge in [-0.3, -0.25) is 4.40 Å². The van der Waals surface area contributed by atoms with Gasteiger partial charge in [-0.15, -0.1) is 0 Å². The summed E-state index contributed by atoms with van der Waals surface area (Å²) in [5.41, 5.74) is 7.71. The Hall–Kier alpha value is -4.19. The zero-order chi connectivity index (χ0) is 28.3. The molecule has 0 amide bonds. The van der Waals surface area contributed by atoms with Crippen LogP contribution in [0.3, 0.4) is 0 Å². The Morgan fingerprint density at radius 2 is 1.50 bits per heavy atom. The van der Waals surface area contributed by atoms with E-state index >= 15 is 0 Å². The molecule has 0 aliphatic rings. The van der Waals surface area contributed by atoms with E-state index in [2.05, 4.69) is 108 Å². The lowest BCUT2D eigenvalue weighted by molar-refractivity contribution is -0.643. The second-order valence-electron chi connectivity index (χ2n) is 13.3. The van der Waals surface area contributed by atoms with Crippen molar-refractivity contribution in [3.8, 4) is 11.4 Å². The number of fused-ring (bicyclic) bond motifs is 5. The Kier molecular flexibility index (Phi) is 4.92. The minimum absolute atomic E-state index is 0.204. The van der Waals surface area contributed by atoms with Crippen LogP contribution in [0.1, 0.15) is 64.3 Å². The Balaban J connectivity index is 1.71. The van der Waals surface area contributed by atoms with E-state index in [1.54, 1.807) is 0 Å². The fourth-order valence-corrected chi connectivity index (χ4v) is 6.02. The van der Waals surface area contributed by atoms with E-state index < -0.39 is 0 Å². The summed E-state index contributed by atoms with van der Waals surface area (Å²) in [6.45, 7) is 17.4. The summed E-state index contributed by atoms with van der Waals surface area (Å²) in [5, 5.41) is 6.07. The normalized spacial score (nSPS) is 13.1. The fourth-order valence-electron chi connectivity index (χ4n) is 6.02. The summed E-state index contributed by atoms with van der Waals surface area (Å²) >= 11 is 0. The summed E-state index contributed by atoms with van der Waals surface area (Å²) in [7, 11) is 2.15. The van der Waals surface area contributed by atoms with Gasteiger partial charge in [0.25, 0.3) is 0 Å². The van der Waals surface area contributed by atoms with Crippen molar-refractivity contribution in [2.45, 2.75) is 66.2 Å². The highest BCUT2D eigenvalue weighted by Crippen LogP contribution is 2.42. The third-order valence-corrected chi connectivity index (χ3v) is 8.26. The molecule has 0 saturated heterocycles. The molecule has 6 heteroatoms. The van der Waals surface area contributed by atoms with Crippen LogP contribution in [0.25, 0.3) is 60.5 Å². The fraction of sp³-hybridized carbons (Fsp3) is 0.324. The number of rotatable bonds is 1. The SMILES string of the molecule is Cc1cc2c3cccnc3n3c4cc(-c5nc(C(C)(C)C)nc(C(C)(C)C)n5)cc5cc[n+](C)c(c(c1C)c23)c54. The molecule has 7 rings (SSSR count). The lowest BCUT2D eigenvalue weighted by Gasteiger charge is -2.23. The van der Waals surface area contributed by atoms with E-state index in [1.165, 1.54) is 43.7 Å². The van der Waals surface area contributed by atoms with E-state index in [4.69, 9.17) is 19.9 Å². The van der Waals surface area contributed by atoms with Gasteiger partial charge in [0, 0.05) is 39.4 Å². The van der Waals surface area contributed by atoms with E-state index in [-0.39, 0.29) is 10.8 Å². The number of hydrogen-bond acceptors (Lipinski definition) is 4. The molecule has 6 nitrogen and oxygen atoms in total. The predicted octanol–water partition coefficient (Wildman–Crippen LogP) is 7.27. The smallest absolute Gasteiger partial charge is 0.224 e. The molecule has 0 fully saturated rings. The van der Waals surface area contributed by atoms with Crippen molar-refractivity contribution in [3.63, 3.8) is 0 Å². The van der Waals surface area contributed by atoms with E-state index in [0.29, 0.717) is 5.82 Å². The highest BCUT2D eigenvalue weighted by Gasteiger charge is 2.28. The van der Waals surface area contributed by atoms with Crippen LogP contribution in [-0.2, 0) is 17.9 Å². The standard InChI is InChI=1S/C34H35N6/c1-18-15-23-22-11-10-13-35-30(22)40-24-17-21(29-36-31(33(3,4)5)38-32(37-29)34(6,7)8)16-20-12-14-39(9)28(26(20)24)25(19(18)2)27(23)40/h10-17H,1-9H3/q+1. The molecule has 0 spiro atoms. The van der Waals surface area contributed by atoms with Crippen LogP contribution >= 0.6 is 0 Å². The molecule has 200 valence electrons. The van der Waals surface area contributed by atoms with Crippen LogP contribution < -0.4 is 4.57 Å². The maximum Gasteiger partial charge on any atom is 0.224 e. The minimum atomic E-state index is -0.204. The molecule has 0 aliphatic carbocycles. The molecule has 0 N–H and O–H groups in total. The molecule has 0 bridgehead atoms. The summed E-state index contributed by atoms with van der Waals surface area (Å²) in [6.07, 6.45) is 4.06. The van der Waals surface area contributed by atoms with Crippen molar-refractivity contribution < 1.29 is 4.57 Å². The van der Waals surface area contributed by atoms with Gasteiger partial charge < -0.3 is 0 Å². The maximum absolute atomic E-state index is 5.05. The average Bonchev–Trinajstić information content (AvgIpc) is 3.22. The van der Waals surface area contributed by atoms with Gasteiger partial charge >= 0.3 is 0 Å². The van der Waals surface area contributed by atoms with Gasteiger partial charge in [0.15, 0.2) is 12.0 Å². The van der Waals surface area contributed by atoms with Crippen LogP contribution in [0.5, 0.6) is 0 Å². The van der Waals surface area contributed by atoms with Crippen molar-refractivity contribution in [2.24, 2.45) is 7.05 Å². The number of aryl methyl sites for hydroxylation is 3. The number of nitrogens with zero attached hydrogens (tertiary/aromatic N) is 6. The zero-order valence-electron chi connectivity index (χ0n) is 24.8. The summed E-state index contributed by atoms with van der Waals surface area (Å²) in [5.74, 6) is 2.33. The second kappa shape index (κ2) is 7.94. The van der Waals surface area contributed by atoms with Crippen LogP contribution in [0.2, 0.25) is 0 Å². The Morgan fingerprint density at radius 1 is 0.800 bits per heavy atom. The van der Waals surface area contributed by atoms with Gasteiger partial charge in [-0.2, -0.15) is 0 Å². The molecule has 40 heavy (non-hydrogen) atoms. The van der Waals surface area contributed by atoms with Crippen molar-refractivity contribution >= 4 is 49.1 Å². The number of benzene rings is 2. The van der Waals surface area contributed by atoms with Gasteiger partial charge in [0.1, 0.15) is 24.3 Å². The van der Waals surface area contributed by atoms with E-state index in [0.717, 1.165) is 33.8 Å². The first kappa shape index (κ1) is 24.8. The van der Waals surface area contributed by atoms with Gasteiger partial charge in [-0.05, 0) is 60.7 Å². The summed E-state index contributed by atoms with van der Waals surface area (Å²) in [4.78, 5) is 19.9. The predicted molar refractivity (Wildman–Crippen MR) is 163 cm³/mol. The van der Waals surface area contributed by atoms with E-state index in [9.17, 15) is 0 Å². The average molecular weight is 528 g/mol. The van der Waals surface area contributed by atoms with Gasteiger partial charge in [-0.1, -0.05) is 41.5 Å². The first-order chi connectivity index (χ1) is 18.8. The van der Waals surface area contributed by atoms with Crippen LogP contribution in [0.15, 0.2) is 48.8 Å². The molecule has 0 radical (unpaired) electrons. The molecular formula is C34H35N6+. The first-order valence-electron chi connectivity index (χ1n) is 14.0. The monoisotopic (exact) mass is 527 g/mol. The number of hydrogen-bond donors (Lipinski definition) is 0. The second-order valence-corrected chi connectivity index (χ2v) is 13.3. The molecule has 5 aromatic heterocycles. The topological polar surface area (TPSA) is 59.9 Å². The number of aromatic nitrogens is 6. The molecule has 5 heterocycles. The molecule has 7 aromatic rings. The molecule has 0 saturated carbocycles. The lowest BCUT2D eigenvalue weighted by atomic mass is 9.92. The van der Waals surface area contributed by atoms with Crippen molar-refractivity contribution in [1.29, 1.82) is 0 Å². The molecule has 2 aromatic carbocycles. The van der Waals surface area contributed by atoms with Crippen molar-refractivity contribution in [2.75, 3.05) is 0 Å². The minimum Gasteiger partial charge on any atom is -0.292 e. The molecule has 0 aliphatic heterocycles. The van der Waals surface area contributed by atoms with Crippen LogP contribution in [0, 0.1) is 13.8 Å². The zero-order valence-corrected chi connectivity index (χ0v) is 24.8. The summed E-state index contributed by atoms with van der Waals surface area (Å²) < 4.78 is 4.63. The van der Waals surface area contributed by atoms with Gasteiger partial charge in [0.2, 0.25) is 5.52 Å². The quantitative estimate of drug-likeness (QED) is 0.128. The Bertz CT molecular complexity index is 2120. The molecular weight excluding hydrogens is 492 g/mol. The van der Waals surface area contributed by atoms with Gasteiger partial charge in [-0.25, -0.2) is 24.5 Å². The largest absolute Gasteiger partial charge is 0.292 e. The van der Waals surface area contributed by atoms with Crippen molar-refractivity contribution in [1.82, 2.24) is 24.3 Å². The Morgan fingerprint density at radius 3 is 2.17 bits per heavy atom. The van der Waals surface area contributed by atoms with Crippen LogP contribution in [-0.4, -0.2) is 24.3 Å². The van der Waals surface area contributed by atoms with Crippen molar-refractivity contribution in [3.05, 3.63) is 71.6 Å². The number of pyridine rings is 3. The van der Waals surface area contributed by atoms with E-state index in [1.807, 2.05) is 12.3 Å². The van der Waals surface area contributed by atoms with Gasteiger partial charge in [0.05, 0.1) is 21.8 Å². The van der Waals surface area contributed by atoms with Crippen LogP contribution in [0.4, 0.5) is 0 Å². The highest BCUT2D eigenvalue weighted by molar-refractivity contribution is 6.26. The molecule has 0 unspecified atom stereocenters. The third kappa shape index (κ3) is 3.38. The highest BCUT2D eigenvalue weighted by atomic mass is 15.1. The lowest BCUT2D eigenvalue weighted by Crippen LogP contribution is -2.29.